The van der Waals surface area contributed by atoms with Crippen LogP contribution in [0.2, 0.25) is 0 Å². The van der Waals surface area contributed by atoms with E-state index in [1.165, 1.54) is 23.1 Å². The van der Waals surface area contributed by atoms with E-state index in [0.717, 1.165) is 15.6 Å². The van der Waals surface area contributed by atoms with Gasteiger partial charge in [0.05, 0.1) is 12.1 Å². The molecule has 0 unspecified atom stereocenters. The zero-order valence-electron chi connectivity index (χ0n) is 16.3. The average molecular weight is 414 g/mol. The van der Waals surface area contributed by atoms with Gasteiger partial charge in [0.15, 0.2) is 0 Å². The zero-order valence-corrected chi connectivity index (χ0v) is 17.1. The van der Waals surface area contributed by atoms with Gasteiger partial charge in [-0.25, -0.2) is 12.7 Å². The Bertz CT molecular complexity index is 1090. The number of sulfonamides is 1. The van der Waals surface area contributed by atoms with Crippen molar-refractivity contribution in [2.75, 3.05) is 20.2 Å². The molecule has 1 heterocycles. The zero-order chi connectivity index (χ0) is 20.8. The molecule has 4 rings (SSSR count). The van der Waals surface area contributed by atoms with Crippen LogP contribution in [0.25, 0.3) is 0 Å². The van der Waals surface area contributed by atoms with Crippen molar-refractivity contribution in [3.8, 4) is 5.75 Å². The highest BCUT2D eigenvalue weighted by Gasteiger charge is 2.48. The molecular formula is C21H22N2O5S. The van der Waals surface area contributed by atoms with Crippen LogP contribution in [0.3, 0.4) is 0 Å². The number of hydrogen-bond acceptors (Lipinski definition) is 5. The molecule has 2 aromatic carbocycles. The van der Waals surface area contributed by atoms with Crippen molar-refractivity contribution in [2.24, 2.45) is 0 Å². The molecule has 0 saturated heterocycles. The van der Waals surface area contributed by atoms with Gasteiger partial charge >= 0.3 is 0 Å². The SMILES string of the molecule is Cc1ccccc1OCCN(C)C(=O)c1ccc2c(c1)S(=O)(=O)N(C1CC1)C2=O. The number of ether oxygens (including phenoxy) is 1. The fraction of sp³-hybridized carbons (Fsp3) is 0.333. The first-order valence-corrected chi connectivity index (χ1v) is 10.9. The van der Waals surface area contributed by atoms with E-state index in [1.54, 1.807) is 7.05 Å². The molecule has 0 radical (unpaired) electrons. The number of carbonyl (C=O) groups is 2. The van der Waals surface area contributed by atoms with Gasteiger partial charge < -0.3 is 9.64 Å². The van der Waals surface area contributed by atoms with Crippen LogP contribution in [-0.4, -0.2) is 55.7 Å². The largest absolute Gasteiger partial charge is 0.491 e. The summed E-state index contributed by atoms with van der Waals surface area (Å²) in [5, 5.41) is 0. The van der Waals surface area contributed by atoms with Crippen molar-refractivity contribution in [3.05, 3.63) is 59.2 Å². The Balaban J connectivity index is 1.47. The van der Waals surface area contributed by atoms with Gasteiger partial charge in [-0.3, -0.25) is 9.59 Å². The Labute approximate surface area is 169 Å². The third-order valence-electron chi connectivity index (χ3n) is 5.20. The number of para-hydroxylation sites is 1. The van der Waals surface area contributed by atoms with Crippen molar-refractivity contribution in [3.63, 3.8) is 0 Å². The second-order valence-corrected chi connectivity index (χ2v) is 9.17. The summed E-state index contributed by atoms with van der Waals surface area (Å²) in [6.45, 7) is 2.59. The maximum atomic E-state index is 12.8. The van der Waals surface area contributed by atoms with Crippen molar-refractivity contribution in [1.29, 1.82) is 0 Å². The molecule has 7 nitrogen and oxygen atoms in total. The summed E-state index contributed by atoms with van der Waals surface area (Å²) >= 11 is 0. The van der Waals surface area contributed by atoms with Crippen LogP contribution in [0.4, 0.5) is 0 Å². The summed E-state index contributed by atoms with van der Waals surface area (Å²) in [6, 6.07) is 11.6. The molecule has 1 aliphatic carbocycles. The van der Waals surface area contributed by atoms with Gasteiger partial charge in [0, 0.05) is 18.7 Å². The molecule has 1 aliphatic heterocycles. The lowest BCUT2D eigenvalue weighted by Crippen LogP contribution is -2.32. The van der Waals surface area contributed by atoms with E-state index in [9.17, 15) is 18.0 Å². The number of hydrogen-bond donors (Lipinski definition) is 0. The van der Waals surface area contributed by atoms with E-state index in [4.69, 9.17) is 4.74 Å². The first kappa shape index (κ1) is 19.4. The molecule has 2 aliphatic rings. The molecule has 2 aromatic rings. The highest BCUT2D eigenvalue weighted by atomic mass is 32.2. The summed E-state index contributed by atoms with van der Waals surface area (Å²) in [7, 11) is -2.25. The smallest absolute Gasteiger partial charge is 0.269 e. The van der Waals surface area contributed by atoms with Crippen LogP contribution in [0.15, 0.2) is 47.4 Å². The Hall–Kier alpha value is -2.87. The highest BCUT2D eigenvalue weighted by Crippen LogP contribution is 2.39. The summed E-state index contributed by atoms with van der Waals surface area (Å²) < 4.78 is 32.2. The van der Waals surface area contributed by atoms with Crippen molar-refractivity contribution < 1.29 is 22.7 Å². The summed E-state index contributed by atoms with van der Waals surface area (Å²) in [5.41, 5.74) is 1.38. The fourth-order valence-corrected chi connectivity index (χ4v) is 5.22. The third kappa shape index (κ3) is 3.48. The number of likely N-dealkylation sites (N-methyl/N-ethyl adjacent to an activating group) is 1. The predicted octanol–water partition coefficient (Wildman–Crippen LogP) is 2.45. The Kier molecular flexibility index (Phi) is 4.82. The van der Waals surface area contributed by atoms with Gasteiger partial charge in [-0.15, -0.1) is 0 Å². The van der Waals surface area contributed by atoms with Gasteiger partial charge in [-0.1, -0.05) is 18.2 Å². The van der Waals surface area contributed by atoms with E-state index in [-0.39, 0.29) is 28.0 Å². The molecule has 29 heavy (non-hydrogen) atoms. The lowest BCUT2D eigenvalue weighted by molar-refractivity contribution is 0.0772. The molecule has 0 spiro atoms. The number of carbonyl (C=O) groups excluding carboxylic acids is 2. The van der Waals surface area contributed by atoms with Gasteiger partial charge in [0.25, 0.3) is 21.8 Å². The van der Waals surface area contributed by atoms with Crippen LogP contribution in [0, 0.1) is 6.92 Å². The maximum Gasteiger partial charge on any atom is 0.269 e. The minimum Gasteiger partial charge on any atom is -0.491 e. The summed E-state index contributed by atoms with van der Waals surface area (Å²) in [4.78, 5) is 26.6. The quantitative estimate of drug-likeness (QED) is 0.725. The minimum absolute atomic E-state index is 0.0789. The second kappa shape index (κ2) is 7.18. The Morgan fingerprint density at radius 3 is 2.62 bits per heavy atom. The topological polar surface area (TPSA) is 84.0 Å². The van der Waals surface area contributed by atoms with E-state index in [2.05, 4.69) is 0 Å². The number of benzene rings is 2. The molecular weight excluding hydrogens is 392 g/mol. The standard InChI is InChI=1S/C21H22N2O5S/c1-14-5-3-4-6-18(14)28-12-11-22(2)20(24)15-7-10-17-19(13-15)29(26,27)23(21(17)25)16-8-9-16/h3-7,10,13,16H,8-9,11-12H2,1-2H3. The lowest BCUT2D eigenvalue weighted by Gasteiger charge is -2.18. The molecule has 0 bridgehead atoms. The average Bonchev–Trinajstić information content (AvgIpc) is 3.50. The maximum absolute atomic E-state index is 12.8. The van der Waals surface area contributed by atoms with Gasteiger partial charge in [0.2, 0.25) is 0 Å². The van der Waals surface area contributed by atoms with Gasteiger partial charge in [-0.05, 0) is 49.6 Å². The van der Waals surface area contributed by atoms with Crippen LogP contribution < -0.4 is 4.74 Å². The minimum atomic E-state index is -3.88. The van der Waals surface area contributed by atoms with Crippen molar-refractivity contribution in [2.45, 2.75) is 30.7 Å². The molecule has 1 fully saturated rings. The number of rotatable bonds is 6. The van der Waals surface area contributed by atoms with Crippen LogP contribution in [0.1, 0.15) is 39.1 Å². The van der Waals surface area contributed by atoms with E-state index < -0.39 is 15.9 Å². The molecule has 0 N–H and O–H groups in total. The number of amides is 2. The number of nitrogens with zero attached hydrogens (tertiary/aromatic N) is 2. The van der Waals surface area contributed by atoms with Crippen molar-refractivity contribution in [1.82, 2.24) is 9.21 Å². The lowest BCUT2D eigenvalue weighted by atomic mass is 10.1. The van der Waals surface area contributed by atoms with Crippen LogP contribution in [-0.2, 0) is 10.0 Å². The third-order valence-corrected chi connectivity index (χ3v) is 7.07. The Morgan fingerprint density at radius 2 is 1.93 bits per heavy atom. The van der Waals surface area contributed by atoms with E-state index in [1.807, 2.05) is 31.2 Å². The molecule has 0 aromatic heterocycles. The highest BCUT2D eigenvalue weighted by molar-refractivity contribution is 7.90. The number of fused-ring (bicyclic) bond motifs is 1. The first-order valence-electron chi connectivity index (χ1n) is 9.47. The summed E-state index contributed by atoms with van der Waals surface area (Å²) in [5.74, 6) is -0.0640. The molecule has 1 saturated carbocycles. The molecule has 8 heteroatoms. The fourth-order valence-electron chi connectivity index (χ4n) is 3.38. The van der Waals surface area contributed by atoms with Gasteiger partial charge in [0.1, 0.15) is 17.3 Å². The Morgan fingerprint density at radius 1 is 1.21 bits per heavy atom. The van der Waals surface area contributed by atoms with Crippen molar-refractivity contribution >= 4 is 21.8 Å². The summed E-state index contributed by atoms with van der Waals surface area (Å²) in [6.07, 6.45) is 1.38. The normalized spacial score (nSPS) is 17.2. The monoisotopic (exact) mass is 414 g/mol. The molecule has 152 valence electrons. The van der Waals surface area contributed by atoms with Crippen LogP contribution >= 0.6 is 0 Å². The molecule has 2 amide bonds. The van der Waals surface area contributed by atoms with E-state index in [0.29, 0.717) is 26.0 Å². The van der Waals surface area contributed by atoms with E-state index >= 15 is 0 Å². The molecule has 0 atom stereocenters. The number of aryl methyl sites for hydroxylation is 1. The van der Waals surface area contributed by atoms with Crippen LogP contribution in [0.5, 0.6) is 5.75 Å². The second-order valence-electron chi connectivity index (χ2n) is 7.39. The van der Waals surface area contributed by atoms with Gasteiger partial charge in [-0.2, -0.15) is 0 Å². The predicted molar refractivity (Wildman–Crippen MR) is 106 cm³/mol. The first-order chi connectivity index (χ1) is 13.8.